The molecule has 58 heavy (non-hydrogen) atoms. The summed E-state index contributed by atoms with van der Waals surface area (Å²) < 4.78 is 47.6. The summed E-state index contributed by atoms with van der Waals surface area (Å²) in [4.78, 5) is 23.4. The molecule has 0 bridgehead atoms. The Morgan fingerprint density at radius 1 is 0.724 bits per heavy atom. The molecule has 0 aromatic rings. The number of esters is 2. The van der Waals surface area contributed by atoms with E-state index >= 15 is 0 Å². The fourth-order valence-electron chi connectivity index (χ4n) is 13.1. The number of rotatable bonds is 8. The van der Waals surface area contributed by atoms with Crippen LogP contribution in [0.2, 0.25) is 0 Å². The molecule has 8 rings (SSSR count). The first kappa shape index (κ1) is 42.9. The highest BCUT2D eigenvalue weighted by Gasteiger charge is 2.71. The molecule has 0 spiro atoms. The normalized spacial score (nSPS) is 53.2. The smallest absolute Gasteiger partial charge is 0.331 e. The van der Waals surface area contributed by atoms with Gasteiger partial charge >= 0.3 is 11.9 Å². The van der Waals surface area contributed by atoms with Crippen molar-refractivity contribution in [3.63, 3.8) is 0 Å². The predicted molar refractivity (Wildman–Crippen MR) is 202 cm³/mol. The molecule has 4 aliphatic carbocycles. The summed E-state index contributed by atoms with van der Waals surface area (Å²) in [6.45, 7) is 11.2. The van der Waals surface area contributed by atoms with Gasteiger partial charge in [0.25, 0.3) is 0 Å². The molecule has 0 amide bonds. The highest BCUT2D eigenvalue weighted by atomic mass is 16.7. The van der Waals surface area contributed by atoms with Gasteiger partial charge in [0.1, 0.15) is 18.8 Å². The van der Waals surface area contributed by atoms with Gasteiger partial charge in [-0.1, -0.05) is 13.8 Å². The van der Waals surface area contributed by atoms with Crippen molar-refractivity contribution in [3.8, 4) is 0 Å². The molecular weight excluding hydrogens is 756 g/mol. The number of aliphatic hydroxyl groups is 5. The molecule has 15 heteroatoms. The Morgan fingerprint density at radius 2 is 1.29 bits per heavy atom. The Morgan fingerprint density at radius 3 is 1.83 bits per heavy atom. The summed E-state index contributed by atoms with van der Waals surface area (Å²) in [6, 6.07) is 0. The van der Waals surface area contributed by atoms with Crippen molar-refractivity contribution in [2.75, 3.05) is 6.61 Å². The maximum atomic E-state index is 12.6. The van der Waals surface area contributed by atoms with E-state index in [9.17, 15) is 35.1 Å². The Labute approximate surface area is 341 Å². The quantitative estimate of drug-likeness (QED) is 0.176. The lowest BCUT2D eigenvalue weighted by Crippen LogP contribution is -2.67. The monoisotopic (exact) mass is 822 g/mol. The highest BCUT2D eigenvalue weighted by Crippen LogP contribution is 2.70. The van der Waals surface area contributed by atoms with Crippen LogP contribution in [0.25, 0.3) is 0 Å². The molecule has 3 unspecified atom stereocenters. The van der Waals surface area contributed by atoms with Crippen LogP contribution in [-0.2, 0) is 47.5 Å². The van der Waals surface area contributed by atoms with Gasteiger partial charge in [-0.05, 0) is 107 Å². The lowest BCUT2D eigenvalue weighted by molar-refractivity contribution is -0.336. The second-order valence-electron chi connectivity index (χ2n) is 19.4. The number of aliphatic hydroxyl groups excluding tert-OH is 4. The Kier molecular flexibility index (Phi) is 12.0. The first-order valence-electron chi connectivity index (χ1n) is 21.8. The van der Waals surface area contributed by atoms with Crippen LogP contribution in [0.4, 0.5) is 0 Å². The Balaban J connectivity index is 0.823. The van der Waals surface area contributed by atoms with Crippen LogP contribution < -0.4 is 0 Å². The van der Waals surface area contributed by atoms with Crippen molar-refractivity contribution in [2.24, 2.45) is 34.5 Å². The van der Waals surface area contributed by atoms with Crippen LogP contribution >= 0.6 is 0 Å². The lowest BCUT2D eigenvalue weighted by atomic mass is 9.42. The van der Waals surface area contributed by atoms with Crippen LogP contribution in [0.1, 0.15) is 112 Å². The molecule has 328 valence electrons. The molecule has 4 aliphatic heterocycles. The van der Waals surface area contributed by atoms with Crippen molar-refractivity contribution in [3.05, 3.63) is 11.6 Å². The average Bonchev–Trinajstić information content (AvgIpc) is 3.70. The molecule has 5 N–H and O–H groups in total. The van der Waals surface area contributed by atoms with E-state index in [1.807, 2.05) is 13.8 Å². The van der Waals surface area contributed by atoms with Gasteiger partial charge in [-0.15, -0.1) is 0 Å². The van der Waals surface area contributed by atoms with Gasteiger partial charge in [0, 0.05) is 37.7 Å². The molecule has 0 aromatic carbocycles. The molecular formula is C43H66O15. The standard InChI is InChI=1S/C43H66O15/c1-20-38(55-23(4)44)30(45)17-36(53-20)57-40-22(3)54-37(18-32(40)47)58-39-21(2)52-35(16-31(39)46)56-26-9-11-41(5)25(14-26)7-8-28-29(41)15-33(48)42(6)27(10-12-43(28,42)50)24-13-34(49)51-19-24/h13,20-22,25-33,35-40,45-48,50H,7-12,14-19H2,1-6H3/t20-,21-,22-,25?,26+,27-,28?,29?,30+,31+,32+,33-,35+,36+,37-,38-,39-,40-,41+,42+,43+/m1/s1. The average molecular weight is 823 g/mol. The van der Waals surface area contributed by atoms with E-state index in [0.717, 1.165) is 44.1 Å². The minimum absolute atomic E-state index is 0.0551. The molecule has 8 aliphatic rings. The van der Waals surface area contributed by atoms with Gasteiger partial charge in [0.05, 0.1) is 54.4 Å². The largest absolute Gasteiger partial charge is 0.458 e. The van der Waals surface area contributed by atoms with Gasteiger partial charge in [-0.25, -0.2) is 4.79 Å². The number of ether oxygens (including phenoxy) is 8. The molecule has 0 aromatic heterocycles. The van der Waals surface area contributed by atoms with Crippen LogP contribution in [0.3, 0.4) is 0 Å². The van der Waals surface area contributed by atoms with Gasteiger partial charge in [-0.2, -0.15) is 0 Å². The van der Waals surface area contributed by atoms with E-state index in [1.165, 1.54) is 6.92 Å². The van der Waals surface area contributed by atoms with Crippen molar-refractivity contribution >= 4 is 11.9 Å². The lowest BCUT2D eigenvalue weighted by Gasteiger charge is -2.65. The van der Waals surface area contributed by atoms with E-state index in [2.05, 4.69) is 6.92 Å². The van der Waals surface area contributed by atoms with E-state index in [4.69, 9.17) is 37.9 Å². The summed E-state index contributed by atoms with van der Waals surface area (Å²) in [5, 5.41) is 57.5. The van der Waals surface area contributed by atoms with E-state index in [-0.39, 0.29) is 61.1 Å². The minimum atomic E-state index is -1.02. The molecule has 0 radical (unpaired) electrons. The van der Waals surface area contributed by atoms with Gasteiger partial charge in [0.2, 0.25) is 0 Å². The van der Waals surface area contributed by atoms with Crippen LogP contribution in [0.15, 0.2) is 11.6 Å². The number of hydrogen-bond donors (Lipinski definition) is 5. The highest BCUT2D eigenvalue weighted by molar-refractivity contribution is 5.85. The third-order valence-corrected chi connectivity index (χ3v) is 16.2. The fraction of sp³-hybridized carbons (Fsp3) is 0.907. The van der Waals surface area contributed by atoms with Crippen molar-refractivity contribution in [1.82, 2.24) is 0 Å². The van der Waals surface area contributed by atoms with Gasteiger partial charge in [0.15, 0.2) is 25.0 Å². The molecule has 3 saturated heterocycles. The summed E-state index contributed by atoms with van der Waals surface area (Å²) in [5.74, 6) is -0.339. The number of cyclic esters (lactones) is 1. The zero-order valence-electron chi connectivity index (χ0n) is 34.8. The molecule has 15 nitrogen and oxygen atoms in total. The molecule has 21 atom stereocenters. The van der Waals surface area contributed by atoms with Gasteiger partial charge in [-0.3, -0.25) is 4.79 Å². The first-order valence-corrected chi connectivity index (χ1v) is 21.8. The maximum Gasteiger partial charge on any atom is 0.331 e. The third kappa shape index (κ3) is 7.49. The predicted octanol–water partition coefficient (Wildman–Crippen LogP) is 2.79. The van der Waals surface area contributed by atoms with E-state index < -0.39 is 96.9 Å². The zero-order valence-corrected chi connectivity index (χ0v) is 34.8. The summed E-state index contributed by atoms with van der Waals surface area (Å²) in [6.07, 6.45) is -1.64. The van der Waals surface area contributed by atoms with Crippen molar-refractivity contribution in [1.29, 1.82) is 0 Å². The molecule has 4 saturated carbocycles. The number of fused-ring (bicyclic) bond motifs is 5. The van der Waals surface area contributed by atoms with E-state index in [0.29, 0.717) is 18.8 Å². The Hall–Kier alpha value is -1.76. The second-order valence-corrected chi connectivity index (χ2v) is 19.4. The SMILES string of the molecule is CC(=O)O[C@H]1[C@@H](O)C[C@H](O[C@H]2[C@@H](O)C[C@@H](O[C@H]3[C@@H](O)C[C@H](O[C@H]4CC[C@@]5(C)C(CCC6C5C[C@@H](O)[C@]5(C)[C@@H](C7=CC(=O)OC7)CC[C@]65O)C4)O[C@@H]3C)O[C@@H]2C)O[C@@H]1C. The number of carbonyl (C=O) groups is 2. The van der Waals surface area contributed by atoms with Crippen molar-refractivity contribution < 1.29 is 73.0 Å². The first-order chi connectivity index (χ1) is 27.4. The topological polar surface area (TPSA) is 209 Å². The number of hydrogen-bond acceptors (Lipinski definition) is 15. The number of carbonyl (C=O) groups excluding carboxylic acids is 2. The summed E-state index contributed by atoms with van der Waals surface area (Å²) in [5.41, 5.74) is -0.916. The zero-order chi connectivity index (χ0) is 41.5. The van der Waals surface area contributed by atoms with Crippen molar-refractivity contribution in [2.45, 2.75) is 204 Å². The summed E-state index contributed by atoms with van der Waals surface area (Å²) in [7, 11) is 0. The molecule has 7 fully saturated rings. The maximum absolute atomic E-state index is 12.6. The van der Waals surface area contributed by atoms with Gasteiger partial charge < -0.3 is 63.4 Å². The van der Waals surface area contributed by atoms with E-state index in [1.54, 1.807) is 19.9 Å². The Bertz CT molecular complexity index is 1520. The third-order valence-electron chi connectivity index (χ3n) is 16.2. The van der Waals surface area contributed by atoms with Crippen LogP contribution in [0.5, 0.6) is 0 Å². The molecule has 4 heterocycles. The summed E-state index contributed by atoms with van der Waals surface area (Å²) >= 11 is 0. The minimum Gasteiger partial charge on any atom is -0.458 e. The van der Waals surface area contributed by atoms with Crippen LogP contribution in [-0.4, -0.2) is 136 Å². The second kappa shape index (κ2) is 16.2. The van der Waals surface area contributed by atoms with Crippen LogP contribution in [0, 0.1) is 34.5 Å². The fourth-order valence-corrected chi connectivity index (χ4v) is 13.1.